The number of amides is 1. The van der Waals surface area contributed by atoms with E-state index in [1.54, 1.807) is 6.07 Å². The quantitative estimate of drug-likeness (QED) is 0.782. The Bertz CT molecular complexity index is 513. The van der Waals surface area contributed by atoms with Crippen LogP contribution in [0.2, 0.25) is 0 Å². The molecule has 0 aromatic heterocycles. The van der Waals surface area contributed by atoms with E-state index >= 15 is 0 Å². The fourth-order valence-corrected chi connectivity index (χ4v) is 2.44. The number of piperidine rings is 1. The van der Waals surface area contributed by atoms with Gasteiger partial charge < -0.3 is 10.0 Å². The van der Waals surface area contributed by atoms with Crippen molar-refractivity contribution in [3.63, 3.8) is 0 Å². The molecule has 1 aromatic rings. The second-order valence-corrected chi connectivity index (χ2v) is 4.88. The van der Waals surface area contributed by atoms with Gasteiger partial charge in [-0.3, -0.25) is 4.79 Å². The van der Waals surface area contributed by atoms with E-state index in [-0.39, 0.29) is 12.5 Å². The van der Waals surface area contributed by atoms with Gasteiger partial charge in [0.05, 0.1) is 0 Å². The average molecular weight is 257 g/mol. The van der Waals surface area contributed by atoms with Crippen LogP contribution in [0.3, 0.4) is 0 Å². The Labute approximate surface area is 114 Å². The number of carbonyl (C=O) groups is 1. The number of rotatable bonds is 1. The van der Waals surface area contributed by atoms with Gasteiger partial charge in [-0.15, -0.1) is 0 Å². The number of benzene rings is 1. The highest BCUT2D eigenvalue weighted by Crippen LogP contribution is 2.19. The summed E-state index contributed by atoms with van der Waals surface area (Å²) in [6.45, 7) is 2.78. The topological polar surface area (TPSA) is 40.5 Å². The summed E-state index contributed by atoms with van der Waals surface area (Å²) in [7, 11) is 0. The van der Waals surface area contributed by atoms with Crippen molar-refractivity contribution in [1.29, 1.82) is 0 Å². The molecule has 1 atom stereocenters. The minimum atomic E-state index is -0.165. The van der Waals surface area contributed by atoms with Crippen LogP contribution >= 0.6 is 0 Å². The minimum absolute atomic E-state index is 0.0832. The summed E-state index contributed by atoms with van der Waals surface area (Å²) in [5.74, 6) is 5.52. The van der Waals surface area contributed by atoms with E-state index in [0.29, 0.717) is 11.6 Å². The molecule has 0 aliphatic carbocycles. The molecule has 19 heavy (non-hydrogen) atoms. The molecule has 1 unspecified atom stereocenters. The lowest BCUT2D eigenvalue weighted by Gasteiger charge is -2.33. The van der Waals surface area contributed by atoms with E-state index in [4.69, 9.17) is 5.11 Å². The first-order valence-corrected chi connectivity index (χ1v) is 6.73. The van der Waals surface area contributed by atoms with Crippen molar-refractivity contribution >= 4 is 5.91 Å². The van der Waals surface area contributed by atoms with Gasteiger partial charge in [0.1, 0.15) is 6.61 Å². The molecule has 0 radical (unpaired) electrons. The highest BCUT2D eigenvalue weighted by atomic mass is 16.2. The van der Waals surface area contributed by atoms with Gasteiger partial charge in [0.15, 0.2) is 0 Å². The summed E-state index contributed by atoms with van der Waals surface area (Å²) in [6.07, 6.45) is 3.36. The van der Waals surface area contributed by atoms with Gasteiger partial charge in [-0.2, -0.15) is 0 Å². The van der Waals surface area contributed by atoms with E-state index in [0.717, 1.165) is 24.9 Å². The van der Waals surface area contributed by atoms with Crippen LogP contribution in [0.1, 0.15) is 42.1 Å². The van der Waals surface area contributed by atoms with Crippen LogP contribution in [-0.2, 0) is 0 Å². The van der Waals surface area contributed by atoms with Crippen molar-refractivity contribution in [1.82, 2.24) is 4.90 Å². The Kier molecular flexibility index (Phi) is 4.59. The molecule has 3 nitrogen and oxygen atoms in total. The normalized spacial score (nSPS) is 18.6. The molecule has 1 aromatic carbocycles. The molecule has 1 aliphatic rings. The molecular weight excluding hydrogens is 238 g/mol. The Hall–Kier alpha value is -1.79. The highest BCUT2D eigenvalue weighted by molar-refractivity contribution is 5.94. The molecule has 1 fully saturated rings. The summed E-state index contributed by atoms with van der Waals surface area (Å²) in [5.41, 5.74) is 1.45. The van der Waals surface area contributed by atoms with Gasteiger partial charge in [0.2, 0.25) is 0 Å². The maximum atomic E-state index is 12.5. The number of aliphatic hydroxyl groups is 1. The van der Waals surface area contributed by atoms with Crippen molar-refractivity contribution < 1.29 is 9.90 Å². The predicted molar refractivity (Wildman–Crippen MR) is 74.8 cm³/mol. The van der Waals surface area contributed by atoms with Gasteiger partial charge in [-0.05, 0) is 44.4 Å². The van der Waals surface area contributed by atoms with Crippen molar-refractivity contribution in [2.45, 2.75) is 32.2 Å². The Morgan fingerprint density at radius 3 is 3.05 bits per heavy atom. The second-order valence-electron chi connectivity index (χ2n) is 4.88. The third-order valence-corrected chi connectivity index (χ3v) is 3.49. The first kappa shape index (κ1) is 13.6. The van der Waals surface area contributed by atoms with Crippen LogP contribution in [-0.4, -0.2) is 35.1 Å². The number of hydrogen-bond acceptors (Lipinski definition) is 2. The molecular formula is C16H19NO2. The largest absolute Gasteiger partial charge is 0.384 e. The van der Waals surface area contributed by atoms with Crippen molar-refractivity contribution in [2.75, 3.05) is 13.2 Å². The molecule has 0 bridgehead atoms. The highest BCUT2D eigenvalue weighted by Gasteiger charge is 2.24. The van der Waals surface area contributed by atoms with Gasteiger partial charge in [0.25, 0.3) is 5.91 Å². The maximum absolute atomic E-state index is 12.5. The lowest BCUT2D eigenvalue weighted by Crippen LogP contribution is -2.42. The van der Waals surface area contributed by atoms with Crippen molar-refractivity contribution in [3.05, 3.63) is 35.4 Å². The van der Waals surface area contributed by atoms with Crippen LogP contribution < -0.4 is 0 Å². The van der Waals surface area contributed by atoms with E-state index < -0.39 is 0 Å². The number of hydrogen-bond donors (Lipinski definition) is 1. The van der Waals surface area contributed by atoms with Crippen molar-refractivity contribution in [3.8, 4) is 11.8 Å². The first-order chi connectivity index (χ1) is 9.22. The molecule has 0 spiro atoms. The van der Waals surface area contributed by atoms with Gasteiger partial charge in [0, 0.05) is 23.7 Å². The van der Waals surface area contributed by atoms with Crippen LogP contribution in [0.25, 0.3) is 0 Å². The lowest BCUT2D eigenvalue weighted by molar-refractivity contribution is 0.0635. The van der Waals surface area contributed by atoms with E-state index in [1.165, 1.54) is 6.42 Å². The fraction of sp³-hybridized carbons (Fsp3) is 0.438. The molecule has 2 rings (SSSR count). The summed E-state index contributed by atoms with van der Waals surface area (Å²) in [6, 6.07) is 7.62. The van der Waals surface area contributed by atoms with Crippen LogP contribution in [0, 0.1) is 11.8 Å². The smallest absolute Gasteiger partial charge is 0.254 e. The fourth-order valence-electron chi connectivity index (χ4n) is 2.44. The lowest BCUT2D eigenvalue weighted by atomic mass is 10.0. The molecule has 1 amide bonds. The molecule has 1 aliphatic heterocycles. The summed E-state index contributed by atoms with van der Waals surface area (Å²) in [4.78, 5) is 14.4. The second kappa shape index (κ2) is 6.40. The monoisotopic (exact) mass is 257 g/mol. The standard InChI is InChI=1S/C16H19NO2/c1-13-6-2-3-10-17(13)16(19)15-9-4-7-14(12-15)8-5-11-18/h4,7,9,12-13,18H,2-3,6,10-11H2,1H3. The number of aliphatic hydroxyl groups excluding tert-OH is 1. The van der Waals surface area contributed by atoms with Crippen LogP contribution in [0.15, 0.2) is 24.3 Å². The molecule has 100 valence electrons. The zero-order valence-corrected chi connectivity index (χ0v) is 11.2. The van der Waals surface area contributed by atoms with Gasteiger partial charge >= 0.3 is 0 Å². The van der Waals surface area contributed by atoms with Gasteiger partial charge in [-0.25, -0.2) is 0 Å². The number of nitrogens with zero attached hydrogens (tertiary/aromatic N) is 1. The molecule has 0 saturated carbocycles. The Balaban J connectivity index is 2.18. The molecule has 1 heterocycles. The van der Waals surface area contributed by atoms with Crippen LogP contribution in [0.4, 0.5) is 0 Å². The summed E-state index contributed by atoms with van der Waals surface area (Å²) >= 11 is 0. The van der Waals surface area contributed by atoms with E-state index in [2.05, 4.69) is 18.8 Å². The SMILES string of the molecule is CC1CCCCN1C(=O)c1cccc(C#CCO)c1. The predicted octanol–water partition coefficient (Wildman–Crippen LogP) is 2.04. The minimum Gasteiger partial charge on any atom is -0.384 e. The third-order valence-electron chi connectivity index (χ3n) is 3.49. The molecule has 3 heteroatoms. The number of likely N-dealkylation sites (tertiary alicyclic amines) is 1. The Morgan fingerprint density at radius 1 is 1.47 bits per heavy atom. The zero-order chi connectivity index (χ0) is 13.7. The Morgan fingerprint density at radius 2 is 2.32 bits per heavy atom. The number of carbonyl (C=O) groups excluding carboxylic acids is 1. The summed E-state index contributed by atoms with van der Waals surface area (Å²) in [5, 5.41) is 8.70. The molecule has 1 N–H and O–H groups in total. The first-order valence-electron chi connectivity index (χ1n) is 6.73. The van der Waals surface area contributed by atoms with Gasteiger partial charge in [-0.1, -0.05) is 17.9 Å². The van der Waals surface area contributed by atoms with Crippen molar-refractivity contribution in [2.24, 2.45) is 0 Å². The molecule has 1 saturated heterocycles. The zero-order valence-electron chi connectivity index (χ0n) is 11.2. The maximum Gasteiger partial charge on any atom is 0.254 e. The average Bonchev–Trinajstić information content (AvgIpc) is 2.45. The van der Waals surface area contributed by atoms with Crippen LogP contribution in [0.5, 0.6) is 0 Å². The third kappa shape index (κ3) is 3.36. The van der Waals surface area contributed by atoms with E-state index in [1.807, 2.05) is 23.1 Å². The van der Waals surface area contributed by atoms with E-state index in [9.17, 15) is 4.79 Å². The summed E-state index contributed by atoms with van der Waals surface area (Å²) < 4.78 is 0.